The van der Waals surface area contributed by atoms with Gasteiger partial charge in [0.25, 0.3) is 0 Å². The van der Waals surface area contributed by atoms with Crippen molar-refractivity contribution in [2.45, 2.75) is 19.8 Å². The number of rotatable bonds is 4. The lowest BCUT2D eigenvalue weighted by atomic mass is 10.1. The van der Waals surface area contributed by atoms with E-state index in [1.54, 1.807) is 12.4 Å². The Labute approximate surface area is 151 Å². The van der Waals surface area contributed by atoms with Crippen LogP contribution in [0.3, 0.4) is 0 Å². The van der Waals surface area contributed by atoms with Gasteiger partial charge in [-0.2, -0.15) is 10.2 Å². The standard InChI is InChI=1S/C19H19N7/c1-12(2)13-9-19(25-21-11-13)24-18-5-4-15-16(23-18)8-14(10-20-15)17-6-7-22-26(17)3/h4-12H,1-3H3,(H,23,24,25). The van der Waals surface area contributed by atoms with E-state index >= 15 is 0 Å². The molecule has 0 radical (unpaired) electrons. The topological polar surface area (TPSA) is 81.4 Å². The Morgan fingerprint density at radius 1 is 1.00 bits per heavy atom. The molecule has 0 aliphatic carbocycles. The summed E-state index contributed by atoms with van der Waals surface area (Å²) in [4.78, 5) is 9.18. The van der Waals surface area contributed by atoms with E-state index < -0.39 is 0 Å². The zero-order valence-electron chi connectivity index (χ0n) is 14.9. The van der Waals surface area contributed by atoms with E-state index in [4.69, 9.17) is 0 Å². The molecule has 130 valence electrons. The first kappa shape index (κ1) is 16.1. The zero-order valence-corrected chi connectivity index (χ0v) is 14.9. The zero-order chi connectivity index (χ0) is 18.1. The van der Waals surface area contributed by atoms with Gasteiger partial charge in [0.05, 0.1) is 22.9 Å². The number of hydrogen-bond acceptors (Lipinski definition) is 6. The second kappa shape index (κ2) is 6.51. The molecule has 1 N–H and O–H groups in total. The van der Waals surface area contributed by atoms with Crippen molar-refractivity contribution in [2.75, 3.05) is 5.32 Å². The number of fused-ring (bicyclic) bond motifs is 1. The van der Waals surface area contributed by atoms with Gasteiger partial charge >= 0.3 is 0 Å². The minimum absolute atomic E-state index is 0.390. The summed E-state index contributed by atoms with van der Waals surface area (Å²) in [5.41, 5.74) is 4.74. The highest BCUT2D eigenvalue weighted by Crippen LogP contribution is 2.23. The molecule has 0 spiro atoms. The molecule has 0 bridgehead atoms. The summed E-state index contributed by atoms with van der Waals surface area (Å²) in [6.45, 7) is 4.25. The normalized spacial score (nSPS) is 11.2. The first-order valence-electron chi connectivity index (χ1n) is 8.45. The fourth-order valence-electron chi connectivity index (χ4n) is 2.76. The quantitative estimate of drug-likeness (QED) is 0.607. The van der Waals surface area contributed by atoms with Gasteiger partial charge in [-0.15, -0.1) is 5.10 Å². The Morgan fingerprint density at radius 2 is 1.88 bits per heavy atom. The number of aryl methyl sites for hydroxylation is 1. The molecule has 4 aromatic rings. The Kier molecular flexibility index (Phi) is 4.04. The first-order valence-corrected chi connectivity index (χ1v) is 8.45. The van der Waals surface area contributed by atoms with Gasteiger partial charge in [0.15, 0.2) is 5.82 Å². The lowest BCUT2D eigenvalue weighted by Crippen LogP contribution is -2.00. The van der Waals surface area contributed by atoms with Gasteiger partial charge < -0.3 is 5.32 Å². The molecule has 0 unspecified atom stereocenters. The molecule has 4 aromatic heterocycles. The number of nitrogens with zero attached hydrogens (tertiary/aromatic N) is 6. The van der Waals surface area contributed by atoms with Crippen LogP contribution in [0.15, 0.2) is 48.9 Å². The molecule has 0 saturated heterocycles. The molecule has 26 heavy (non-hydrogen) atoms. The maximum absolute atomic E-state index is 4.67. The summed E-state index contributed by atoms with van der Waals surface area (Å²) in [5, 5.41) is 15.6. The number of anilines is 2. The van der Waals surface area contributed by atoms with Crippen LogP contribution in [0.1, 0.15) is 25.3 Å². The summed E-state index contributed by atoms with van der Waals surface area (Å²) in [6, 6.07) is 9.80. The smallest absolute Gasteiger partial charge is 0.154 e. The first-order chi connectivity index (χ1) is 12.6. The molecule has 0 aliphatic rings. The summed E-state index contributed by atoms with van der Waals surface area (Å²) in [5.74, 6) is 1.77. The van der Waals surface area contributed by atoms with Gasteiger partial charge in [-0.3, -0.25) is 9.67 Å². The molecule has 0 fully saturated rings. The van der Waals surface area contributed by atoms with Crippen molar-refractivity contribution in [1.82, 2.24) is 29.9 Å². The fourth-order valence-corrected chi connectivity index (χ4v) is 2.76. The maximum Gasteiger partial charge on any atom is 0.154 e. The molecule has 4 heterocycles. The van der Waals surface area contributed by atoms with E-state index in [0.717, 1.165) is 27.9 Å². The average molecular weight is 345 g/mol. The molecule has 0 amide bonds. The molecule has 0 aliphatic heterocycles. The molecular formula is C19H19N7. The molecule has 0 atom stereocenters. The largest absolute Gasteiger partial charge is 0.323 e. The summed E-state index contributed by atoms with van der Waals surface area (Å²) < 4.78 is 1.82. The molecule has 7 nitrogen and oxygen atoms in total. The second-order valence-corrected chi connectivity index (χ2v) is 6.45. The lowest BCUT2D eigenvalue weighted by molar-refractivity contribution is 0.775. The van der Waals surface area contributed by atoms with Crippen LogP contribution in [0.5, 0.6) is 0 Å². The predicted molar refractivity (Wildman–Crippen MR) is 101 cm³/mol. The van der Waals surface area contributed by atoms with E-state index in [1.807, 2.05) is 48.3 Å². The number of aromatic nitrogens is 6. The molecular weight excluding hydrogens is 326 g/mol. The average Bonchev–Trinajstić information content (AvgIpc) is 3.07. The summed E-state index contributed by atoms with van der Waals surface area (Å²) in [7, 11) is 1.91. The van der Waals surface area contributed by atoms with Gasteiger partial charge in [0, 0.05) is 25.0 Å². The SMILES string of the molecule is CC(C)c1cnnc(Nc2ccc3ncc(-c4ccnn4C)cc3n2)c1. The van der Waals surface area contributed by atoms with Gasteiger partial charge in [0.1, 0.15) is 5.82 Å². The Morgan fingerprint density at radius 3 is 2.65 bits per heavy atom. The van der Waals surface area contributed by atoms with Crippen LogP contribution >= 0.6 is 0 Å². The minimum atomic E-state index is 0.390. The minimum Gasteiger partial charge on any atom is -0.323 e. The van der Waals surface area contributed by atoms with E-state index in [-0.39, 0.29) is 0 Å². The number of pyridine rings is 2. The van der Waals surface area contributed by atoms with Crippen molar-refractivity contribution in [3.8, 4) is 11.3 Å². The third-order valence-electron chi connectivity index (χ3n) is 4.25. The Hall–Kier alpha value is -3.35. The van der Waals surface area contributed by atoms with Crippen LogP contribution in [-0.2, 0) is 7.05 Å². The Balaban J connectivity index is 1.68. The van der Waals surface area contributed by atoms with Crippen LogP contribution in [0.2, 0.25) is 0 Å². The number of nitrogens with one attached hydrogen (secondary N) is 1. The van der Waals surface area contributed by atoms with Crippen molar-refractivity contribution < 1.29 is 0 Å². The monoisotopic (exact) mass is 345 g/mol. The van der Waals surface area contributed by atoms with Crippen molar-refractivity contribution in [3.63, 3.8) is 0 Å². The van der Waals surface area contributed by atoms with E-state index in [1.165, 1.54) is 0 Å². The Bertz CT molecular complexity index is 1070. The van der Waals surface area contributed by atoms with Crippen molar-refractivity contribution in [2.24, 2.45) is 7.05 Å². The lowest BCUT2D eigenvalue weighted by Gasteiger charge is -2.09. The van der Waals surface area contributed by atoms with Crippen molar-refractivity contribution >= 4 is 22.7 Å². The predicted octanol–water partition coefficient (Wildman–Crippen LogP) is 3.69. The third-order valence-corrected chi connectivity index (χ3v) is 4.25. The molecule has 0 saturated carbocycles. The summed E-state index contributed by atoms with van der Waals surface area (Å²) in [6.07, 6.45) is 5.39. The van der Waals surface area contributed by atoms with Crippen molar-refractivity contribution in [1.29, 1.82) is 0 Å². The summed E-state index contributed by atoms with van der Waals surface area (Å²) >= 11 is 0. The van der Waals surface area contributed by atoms with Gasteiger partial charge in [-0.05, 0) is 41.8 Å². The van der Waals surface area contributed by atoms with Crippen LogP contribution < -0.4 is 5.32 Å². The van der Waals surface area contributed by atoms with Gasteiger partial charge in [-0.25, -0.2) is 4.98 Å². The second-order valence-electron chi connectivity index (χ2n) is 6.45. The molecule has 0 aromatic carbocycles. The van der Waals surface area contributed by atoms with Gasteiger partial charge in [0.2, 0.25) is 0 Å². The van der Waals surface area contributed by atoms with E-state index in [0.29, 0.717) is 17.6 Å². The van der Waals surface area contributed by atoms with Crippen LogP contribution in [0, 0.1) is 0 Å². The van der Waals surface area contributed by atoms with Crippen LogP contribution in [0.25, 0.3) is 22.3 Å². The highest BCUT2D eigenvalue weighted by atomic mass is 15.3. The van der Waals surface area contributed by atoms with Crippen LogP contribution in [-0.4, -0.2) is 29.9 Å². The third kappa shape index (κ3) is 3.11. The maximum atomic E-state index is 4.67. The highest BCUT2D eigenvalue weighted by molar-refractivity contribution is 5.81. The van der Waals surface area contributed by atoms with Crippen molar-refractivity contribution in [3.05, 3.63) is 54.5 Å². The van der Waals surface area contributed by atoms with Gasteiger partial charge in [-0.1, -0.05) is 13.8 Å². The van der Waals surface area contributed by atoms with E-state index in [9.17, 15) is 0 Å². The molecule has 7 heteroatoms. The number of hydrogen-bond donors (Lipinski definition) is 1. The van der Waals surface area contributed by atoms with E-state index in [2.05, 4.69) is 44.4 Å². The fraction of sp³-hybridized carbons (Fsp3) is 0.211. The highest BCUT2D eigenvalue weighted by Gasteiger charge is 2.08. The van der Waals surface area contributed by atoms with Crippen LogP contribution in [0.4, 0.5) is 11.6 Å². The molecule has 4 rings (SSSR count).